The molecular weight excluding hydrogens is 288 g/mol. The number of aryl methyl sites for hydroxylation is 1. The van der Waals surface area contributed by atoms with Gasteiger partial charge in [0.15, 0.2) is 0 Å². The first-order valence-corrected chi connectivity index (χ1v) is 7.31. The molecule has 3 rings (SSSR count). The van der Waals surface area contributed by atoms with E-state index in [0.717, 1.165) is 21.8 Å². The minimum Gasteiger partial charge on any atom is -0.446 e. The maximum absolute atomic E-state index is 11.3. The third-order valence-electron chi connectivity index (χ3n) is 2.89. The molecule has 0 aliphatic carbocycles. The van der Waals surface area contributed by atoms with Crippen molar-refractivity contribution < 1.29 is 10.1 Å². The summed E-state index contributed by atoms with van der Waals surface area (Å²) in [6.45, 7) is 1.90. The number of aromatic hydroxyl groups is 1. The molecule has 0 spiro atoms. The lowest BCUT2D eigenvalue weighted by Gasteiger charge is -2.05. The van der Waals surface area contributed by atoms with Gasteiger partial charge in [0, 0.05) is 0 Å². The minimum absolute atomic E-state index is 0.251. The Morgan fingerprint density at radius 3 is 2.71 bits per heavy atom. The van der Waals surface area contributed by atoms with Crippen LogP contribution in [0.3, 0.4) is 0 Å². The van der Waals surface area contributed by atoms with Crippen LogP contribution in [0.1, 0.15) is 11.4 Å². The highest BCUT2D eigenvalue weighted by atomic mass is 32.2. The Bertz CT molecular complexity index is 863. The Kier molecular flexibility index (Phi) is 3.57. The molecule has 2 aromatic heterocycles. The van der Waals surface area contributed by atoms with Gasteiger partial charge >= 0.3 is 11.6 Å². The summed E-state index contributed by atoms with van der Waals surface area (Å²) in [6, 6.07) is 8.85. The molecule has 0 unspecified atom stereocenters. The van der Waals surface area contributed by atoms with Crippen LogP contribution in [0.4, 0.5) is 0 Å². The lowest BCUT2D eigenvalue weighted by Crippen LogP contribution is -2.19. The Hall–Kier alpha value is -2.41. The molecule has 1 aromatic carbocycles. The summed E-state index contributed by atoms with van der Waals surface area (Å²) in [4.78, 5) is 25.3. The molecule has 2 heterocycles. The SMILES string of the molecule is Cc1nc2ccccc2nc1SCc1cc(=O)[nH]c(O)[nH+]1. The highest BCUT2D eigenvalue weighted by molar-refractivity contribution is 7.98. The summed E-state index contributed by atoms with van der Waals surface area (Å²) in [5.74, 6) is 0.491. The number of nitrogens with one attached hydrogen (secondary N) is 2. The average Bonchev–Trinajstić information content (AvgIpc) is 2.44. The fraction of sp³-hybridized carbons (Fsp3) is 0.143. The highest BCUT2D eigenvalue weighted by Crippen LogP contribution is 2.23. The van der Waals surface area contributed by atoms with Crippen molar-refractivity contribution in [2.75, 3.05) is 0 Å². The molecule has 0 saturated carbocycles. The van der Waals surface area contributed by atoms with Gasteiger partial charge in [0.1, 0.15) is 10.7 Å². The first-order valence-electron chi connectivity index (χ1n) is 6.32. The number of para-hydroxylation sites is 2. The van der Waals surface area contributed by atoms with Crippen molar-refractivity contribution in [1.82, 2.24) is 15.0 Å². The van der Waals surface area contributed by atoms with Gasteiger partial charge in [0.25, 0.3) is 0 Å². The van der Waals surface area contributed by atoms with Gasteiger partial charge in [-0.1, -0.05) is 23.9 Å². The van der Waals surface area contributed by atoms with Gasteiger partial charge in [-0.3, -0.25) is 0 Å². The van der Waals surface area contributed by atoms with E-state index in [4.69, 9.17) is 0 Å². The van der Waals surface area contributed by atoms with Crippen LogP contribution in [0, 0.1) is 6.92 Å². The molecule has 3 N–H and O–H groups in total. The van der Waals surface area contributed by atoms with Gasteiger partial charge in [-0.15, -0.1) is 0 Å². The van der Waals surface area contributed by atoms with Gasteiger partial charge in [-0.2, -0.15) is 4.98 Å². The van der Waals surface area contributed by atoms with Crippen LogP contribution in [0.2, 0.25) is 0 Å². The van der Waals surface area contributed by atoms with E-state index < -0.39 is 0 Å². The second kappa shape index (κ2) is 5.53. The lowest BCUT2D eigenvalue weighted by atomic mass is 10.3. The molecule has 0 bridgehead atoms. The zero-order chi connectivity index (χ0) is 14.8. The van der Waals surface area contributed by atoms with Gasteiger partial charge < -0.3 is 5.11 Å². The Balaban J connectivity index is 1.87. The van der Waals surface area contributed by atoms with Crippen molar-refractivity contribution in [1.29, 1.82) is 0 Å². The average molecular weight is 301 g/mol. The van der Waals surface area contributed by atoms with E-state index in [1.165, 1.54) is 17.8 Å². The molecule has 3 aromatic rings. The number of benzene rings is 1. The molecule has 0 radical (unpaired) electrons. The summed E-state index contributed by atoms with van der Waals surface area (Å²) in [5, 5.41) is 10.1. The normalized spacial score (nSPS) is 10.9. The molecule has 7 heteroatoms. The van der Waals surface area contributed by atoms with Crippen molar-refractivity contribution in [2.45, 2.75) is 17.7 Å². The maximum atomic E-state index is 11.3. The van der Waals surface area contributed by atoms with Crippen LogP contribution in [0.25, 0.3) is 11.0 Å². The fourth-order valence-corrected chi connectivity index (χ4v) is 2.83. The van der Waals surface area contributed by atoms with Crippen LogP contribution < -0.4 is 10.5 Å². The molecule has 6 nitrogen and oxygen atoms in total. The number of rotatable bonds is 3. The predicted octanol–water partition coefficient (Wildman–Crippen LogP) is 1.44. The molecular formula is C14H13N4O2S+. The van der Waals surface area contributed by atoms with Crippen LogP contribution >= 0.6 is 11.8 Å². The fourth-order valence-electron chi connectivity index (χ4n) is 1.96. The van der Waals surface area contributed by atoms with Crippen LogP contribution in [-0.2, 0) is 5.75 Å². The number of thioether (sulfide) groups is 1. The summed E-state index contributed by atoms with van der Waals surface area (Å²) in [5.41, 5.74) is 2.81. The highest BCUT2D eigenvalue weighted by Gasteiger charge is 2.10. The van der Waals surface area contributed by atoms with Crippen LogP contribution in [-0.4, -0.2) is 20.1 Å². The van der Waals surface area contributed by atoms with E-state index in [9.17, 15) is 9.90 Å². The largest absolute Gasteiger partial charge is 0.452 e. The predicted molar refractivity (Wildman–Crippen MR) is 79.1 cm³/mol. The molecule has 0 aliphatic rings. The molecule has 21 heavy (non-hydrogen) atoms. The summed E-state index contributed by atoms with van der Waals surface area (Å²) in [7, 11) is 0. The quantitative estimate of drug-likeness (QED) is 0.714. The summed E-state index contributed by atoms with van der Waals surface area (Å²) < 4.78 is 0. The smallest absolute Gasteiger partial charge is 0.446 e. The van der Waals surface area contributed by atoms with E-state index in [2.05, 4.69) is 19.9 Å². The standard InChI is InChI=1S/C14H12N4O2S/c1-8-13(17-11-5-3-2-4-10(11)15-8)21-7-9-6-12(19)18-14(20)16-9/h2-6H,7H2,1H3,(H2,16,18,19,20)/p+1. The number of fused-ring (bicyclic) bond motifs is 1. The number of nitrogens with zero attached hydrogens (tertiary/aromatic N) is 2. The van der Waals surface area contributed by atoms with E-state index in [1.807, 2.05) is 31.2 Å². The van der Waals surface area contributed by atoms with E-state index in [0.29, 0.717) is 11.4 Å². The van der Waals surface area contributed by atoms with Gasteiger partial charge in [0.05, 0.1) is 28.5 Å². The van der Waals surface area contributed by atoms with Crippen LogP contribution in [0.15, 0.2) is 40.2 Å². The van der Waals surface area contributed by atoms with Crippen molar-refractivity contribution in [3.05, 3.63) is 52.1 Å². The molecule has 0 fully saturated rings. The zero-order valence-corrected chi connectivity index (χ0v) is 12.1. The zero-order valence-electron chi connectivity index (χ0n) is 11.3. The Labute approximate surface area is 124 Å². The summed E-state index contributed by atoms with van der Waals surface area (Å²) in [6.07, 6.45) is 0. The molecule has 106 valence electrons. The van der Waals surface area contributed by atoms with E-state index in [-0.39, 0.29) is 11.6 Å². The second-order valence-corrected chi connectivity index (χ2v) is 5.49. The third-order valence-corrected chi connectivity index (χ3v) is 4.01. The Morgan fingerprint density at radius 2 is 2.00 bits per heavy atom. The van der Waals surface area contributed by atoms with Crippen molar-refractivity contribution in [2.24, 2.45) is 0 Å². The van der Waals surface area contributed by atoms with E-state index in [1.54, 1.807) is 0 Å². The lowest BCUT2D eigenvalue weighted by molar-refractivity contribution is -0.409. The second-order valence-electron chi connectivity index (χ2n) is 4.52. The first-order chi connectivity index (χ1) is 10.1. The summed E-state index contributed by atoms with van der Waals surface area (Å²) >= 11 is 1.46. The topological polar surface area (TPSA) is 93.0 Å². The molecule has 0 atom stereocenters. The van der Waals surface area contributed by atoms with Gasteiger partial charge in [-0.25, -0.2) is 19.7 Å². The number of hydrogen-bond acceptors (Lipinski definition) is 5. The third kappa shape index (κ3) is 3.03. The Morgan fingerprint density at radius 1 is 1.29 bits per heavy atom. The minimum atomic E-state index is -0.344. The van der Waals surface area contributed by atoms with Crippen molar-refractivity contribution in [3.63, 3.8) is 0 Å². The van der Waals surface area contributed by atoms with Crippen LogP contribution in [0.5, 0.6) is 6.01 Å². The van der Waals surface area contributed by atoms with Crippen molar-refractivity contribution >= 4 is 22.8 Å². The molecule has 0 amide bonds. The molecule has 0 aliphatic heterocycles. The van der Waals surface area contributed by atoms with E-state index >= 15 is 0 Å². The molecule has 0 saturated heterocycles. The monoisotopic (exact) mass is 301 g/mol. The van der Waals surface area contributed by atoms with Crippen molar-refractivity contribution in [3.8, 4) is 6.01 Å². The number of hydrogen-bond donors (Lipinski definition) is 2. The number of aromatic amines is 2. The number of aromatic nitrogens is 4. The maximum Gasteiger partial charge on any atom is 0.452 e. The van der Waals surface area contributed by atoms with Gasteiger partial charge in [0.2, 0.25) is 0 Å². The number of H-pyrrole nitrogens is 2. The first kappa shape index (κ1) is 13.6. The van der Waals surface area contributed by atoms with Gasteiger partial charge in [-0.05, 0) is 19.1 Å².